The van der Waals surface area contributed by atoms with Crippen LogP contribution in [-0.4, -0.2) is 26.2 Å². The lowest BCUT2D eigenvalue weighted by Gasteiger charge is -2.04. The Bertz CT molecular complexity index is 324. The molecule has 0 fully saturated rings. The maximum Gasteiger partial charge on any atom is 0.224 e. The molecule has 88 valence electrons. The van der Waals surface area contributed by atoms with Gasteiger partial charge in [-0.3, -0.25) is 4.79 Å². The Morgan fingerprint density at radius 3 is 2.69 bits per heavy atom. The topological polar surface area (TPSA) is 38.3 Å². The maximum absolute atomic E-state index is 11.5. The molecule has 1 amide bonds. The van der Waals surface area contributed by atoms with Crippen LogP contribution in [-0.2, 0) is 16.0 Å². The van der Waals surface area contributed by atoms with Gasteiger partial charge in [0, 0.05) is 25.3 Å². The van der Waals surface area contributed by atoms with Crippen molar-refractivity contribution in [2.75, 3.05) is 20.3 Å². The Balaban J connectivity index is 2.26. The quantitative estimate of drug-likeness (QED) is 0.774. The van der Waals surface area contributed by atoms with Crippen molar-refractivity contribution in [2.45, 2.75) is 12.8 Å². The van der Waals surface area contributed by atoms with Gasteiger partial charge >= 0.3 is 0 Å². The Labute approximate surface area is 101 Å². The Hall–Kier alpha value is -1.06. The highest BCUT2D eigenvalue weighted by Gasteiger charge is 2.02. The van der Waals surface area contributed by atoms with E-state index in [9.17, 15) is 4.79 Å². The Kier molecular flexibility index (Phi) is 5.90. The molecule has 1 N–H and O–H groups in total. The number of benzene rings is 1. The zero-order valence-corrected chi connectivity index (χ0v) is 10.1. The number of carbonyl (C=O) groups excluding carboxylic acids is 1. The molecule has 0 heterocycles. The summed E-state index contributed by atoms with van der Waals surface area (Å²) < 4.78 is 4.89. The lowest BCUT2D eigenvalue weighted by atomic mass is 10.1. The average molecular weight is 242 g/mol. The highest BCUT2D eigenvalue weighted by Crippen LogP contribution is 2.09. The molecule has 1 aromatic rings. The van der Waals surface area contributed by atoms with Gasteiger partial charge in [-0.2, -0.15) is 0 Å². The van der Waals surface area contributed by atoms with E-state index in [2.05, 4.69) is 5.32 Å². The van der Waals surface area contributed by atoms with E-state index in [-0.39, 0.29) is 5.91 Å². The molecule has 0 bridgehead atoms. The standard InChI is InChI=1S/C12H16ClNO2/c1-16-8-2-7-14-12(15)9-10-3-5-11(13)6-4-10/h3-6H,2,7-9H2,1H3,(H,14,15). The summed E-state index contributed by atoms with van der Waals surface area (Å²) in [6, 6.07) is 7.29. The maximum atomic E-state index is 11.5. The molecule has 4 heteroatoms. The third-order valence-corrected chi connectivity index (χ3v) is 2.38. The molecular formula is C12H16ClNO2. The molecular weight excluding hydrogens is 226 g/mol. The van der Waals surface area contributed by atoms with Gasteiger partial charge in [-0.05, 0) is 24.1 Å². The van der Waals surface area contributed by atoms with Crippen LogP contribution in [0.2, 0.25) is 5.02 Å². The van der Waals surface area contributed by atoms with Crippen LogP contribution in [0.15, 0.2) is 24.3 Å². The highest BCUT2D eigenvalue weighted by molar-refractivity contribution is 6.30. The van der Waals surface area contributed by atoms with Crippen LogP contribution >= 0.6 is 11.6 Å². The summed E-state index contributed by atoms with van der Waals surface area (Å²) in [5.41, 5.74) is 0.966. The number of rotatable bonds is 6. The molecule has 0 saturated carbocycles. The Morgan fingerprint density at radius 2 is 2.06 bits per heavy atom. The molecule has 0 aromatic heterocycles. The van der Waals surface area contributed by atoms with Crippen molar-refractivity contribution in [2.24, 2.45) is 0 Å². The van der Waals surface area contributed by atoms with Crippen molar-refractivity contribution < 1.29 is 9.53 Å². The molecule has 0 aliphatic carbocycles. The number of halogens is 1. The lowest BCUT2D eigenvalue weighted by Crippen LogP contribution is -2.26. The smallest absolute Gasteiger partial charge is 0.224 e. The van der Waals surface area contributed by atoms with Gasteiger partial charge in [0.15, 0.2) is 0 Å². The normalized spacial score (nSPS) is 10.1. The van der Waals surface area contributed by atoms with Gasteiger partial charge in [0.2, 0.25) is 5.91 Å². The van der Waals surface area contributed by atoms with Crippen molar-refractivity contribution in [1.29, 1.82) is 0 Å². The summed E-state index contributed by atoms with van der Waals surface area (Å²) in [4.78, 5) is 11.5. The predicted octanol–water partition coefficient (Wildman–Crippen LogP) is 2.04. The van der Waals surface area contributed by atoms with E-state index in [1.165, 1.54) is 0 Å². The van der Waals surface area contributed by atoms with Crippen molar-refractivity contribution in [3.8, 4) is 0 Å². The molecule has 0 saturated heterocycles. The number of carbonyl (C=O) groups is 1. The molecule has 1 aromatic carbocycles. The van der Waals surface area contributed by atoms with Gasteiger partial charge < -0.3 is 10.1 Å². The minimum absolute atomic E-state index is 0.0263. The van der Waals surface area contributed by atoms with Crippen LogP contribution in [0.25, 0.3) is 0 Å². The van der Waals surface area contributed by atoms with Crippen LogP contribution in [0.1, 0.15) is 12.0 Å². The van der Waals surface area contributed by atoms with Crippen molar-refractivity contribution in [1.82, 2.24) is 5.32 Å². The molecule has 0 aliphatic heterocycles. The number of nitrogens with one attached hydrogen (secondary N) is 1. The van der Waals surface area contributed by atoms with Crippen LogP contribution in [0.5, 0.6) is 0 Å². The van der Waals surface area contributed by atoms with E-state index in [1.54, 1.807) is 19.2 Å². The predicted molar refractivity (Wildman–Crippen MR) is 64.7 cm³/mol. The molecule has 3 nitrogen and oxygen atoms in total. The number of hydrogen-bond donors (Lipinski definition) is 1. The summed E-state index contributed by atoms with van der Waals surface area (Å²) >= 11 is 5.75. The van der Waals surface area contributed by atoms with Crippen molar-refractivity contribution in [3.05, 3.63) is 34.9 Å². The summed E-state index contributed by atoms with van der Waals surface area (Å²) in [6.07, 6.45) is 1.23. The summed E-state index contributed by atoms with van der Waals surface area (Å²) in [7, 11) is 1.65. The zero-order chi connectivity index (χ0) is 11.8. The van der Waals surface area contributed by atoms with Gasteiger partial charge in [0.1, 0.15) is 0 Å². The molecule has 0 radical (unpaired) electrons. The van der Waals surface area contributed by atoms with E-state index in [4.69, 9.17) is 16.3 Å². The van der Waals surface area contributed by atoms with E-state index in [0.29, 0.717) is 24.6 Å². The monoisotopic (exact) mass is 241 g/mol. The zero-order valence-electron chi connectivity index (χ0n) is 9.33. The van der Waals surface area contributed by atoms with Crippen LogP contribution in [0, 0.1) is 0 Å². The first-order valence-electron chi connectivity index (χ1n) is 5.22. The number of methoxy groups -OCH3 is 1. The molecule has 0 spiro atoms. The van der Waals surface area contributed by atoms with Crippen molar-refractivity contribution in [3.63, 3.8) is 0 Å². The first kappa shape index (κ1) is 13.0. The molecule has 0 aliphatic rings. The van der Waals surface area contributed by atoms with Crippen LogP contribution in [0.3, 0.4) is 0 Å². The van der Waals surface area contributed by atoms with E-state index < -0.39 is 0 Å². The SMILES string of the molecule is COCCCNC(=O)Cc1ccc(Cl)cc1. The van der Waals surface area contributed by atoms with Crippen molar-refractivity contribution >= 4 is 17.5 Å². The number of amides is 1. The van der Waals surface area contributed by atoms with Gasteiger partial charge in [0.05, 0.1) is 6.42 Å². The second-order valence-electron chi connectivity index (χ2n) is 3.50. The summed E-state index contributed by atoms with van der Waals surface area (Å²) in [5, 5.41) is 3.51. The van der Waals surface area contributed by atoms with E-state index in [1.807, 2.05) is 12.1 Å². The fourth-order valence-corrected chi connectivity index (χ4v) is 1.42. The fraction of sp³-hybridized carbons (Fsp3) is 0.417. The number of ether oxygens (including phenoxy) is 1. The first-order valence-corrected chi connectivity index (χ1v) is 5.60. The molecule has 16 heavy (non-hydrogen) atoms. The number of hydrogen-bond acceptors (Lipinski definition) is 2. The largest absolute Gasteiger partial charge is 0.385 e. The second-order valence-corrected chi connectivity index (χ2v) is 3.94. The average Bonchev–Trinajstić information content (AvgIpc) is 2.28. The third-order valence-electron chi connectivity index (χ3n) is 2.13. The Morgan fingerprint density at radius 1 is 1.38 bits per heavy atom. The van der Waals surface area contributed by atoms with Gasteiger partial charge in [-0.15, -0.1) is 0 Å². The minimum atomic E-state index is 0.0263. The second kappa shape index (κ2) is 7.25. The van der Waals surface area contributed by atoms with Crippen LogP contribution in [0.4, 0.5) is 0 Å². The van der Waals surface area contributed by atoms with Crippen LogP contribution < -0.4 is 5.32 Å². The highest BCUT2D eigenvalue weighted by atomic mass is 35.5. The first-order chi connectivity index (χ1) is 7.72. The lowest BCUT2D eigenvalue weighted by molar-refractivity contribution is -0.120. The fourth-order valence-electron chi connectivity index (χ4n) is 1.29. The minimum Gasteiger partial charge on any atom is -0.385 e. The third kappa shape index (κ3) is 5.14. The molecule has 0 atom stereocenters. The van der Waals surface area contributed by atoms with E-state index in [0.717, 1.165) is 12.0 Å². The summed E-state index contributed by atoms with van der Waals surface area (Å²) in [6.45, 7) is 1.32. The van der Waals surface area contributed by atoms with Gasteiger partial charge in [-0.1, -0.05) is 23.7 Å². The summed E-state index contributed by atoms with van der Waals surface area (Å²) in [5.74, 6) is 0.0263. The van der Waals surface area contributed by atoms with E-state index >= 15 is 0 Å². The molecule has 0 unspecified atom stereocenters. The van der Waals surface area contributed by atoms with Gasteiger partial charge in [-0.25, -0.2) is 0 Å². The molecule has 1 rings (SSSR count). The van der Waals surface area contributed by atoms with Gasteiger partial charge in [0.25, 0.3) is 0 Å².